The normalized spacial score (nSPS) is 11.5. The summed E-state index contributed by atoms with van der Waals surface area (Å²) >= 11 is 0. The van der Waals surface area contributed by atoms with Crippen LogP contribution in [0.1, 0.15) is 18.3 Å². The quantitative estimate of drug-likeness (QED) is 0.626. The summed E-state index contributed by atoms with van der Waals surface area (Å²) in [7, 11) is 0. The molecule has 0 fully saturated rings. The highest BCUT2D eigenvalue weighted by Gasteiger charge is 2.30. The molecule has 0 N–H and O–H groups in total. The van der Waals surface area contributed by atoms with E-state index in [4.69, 9.17) is 4.74 Å². The zero-order valence-electron chi connectivity index (χ0n) is 11.5. The van der Waals surface area contributed by atoms with Crippen molar-refractivity contribution in [3.8, 4) is 5.75 Å². The molecule has 1 aromatic carbocycles. The summed E-state index contributed by atoms with van der Waals surface area (Å²) in [5.74, 6) is 0.393. The van der Waals surface area contributed by atoms with E-state index in [1.165, 1.54) is 16.7 Å². The van der Waals surface area contributed by atoms with Gasteiger partial charge in [0.1, 0.15) is 11.9 Å². The summed E-state index contributed by atoms with van der Waals surface area (Å²) in [6, 6.07) is 4.20. The van der Waals surface area contributed by atoms with Gasteiger partial charge in [0, 0.05) is 0 Å². The van der Waals surface area contributed by atoms with Crippen molar-refractivity contribution in [2.24, 2.45) is 0 Å². The molecule has 0 saturated carbocycles. The first-order chi connectivity index (χ1) is 10.3. The van der Waals surface area contributed by atoms with Crippen LogP contribution in [-0.4, -0.2) is 14.5 Å². The van der Waals surface area contributed by atoms with Crippen molar-refractivity contribution in [1.29, 1.82) is 0 Å². The minimum absolute atomic E-state index is 0.0763. The third kappa shape index (κ3) is 3.35. The topological polar surface area (TPSA) is 70.2 Å². The molecule has 2 aromatic rings. The molecular formula is C13H12F3N3O3. The van der Waals surface area contributed by atoms with Crippen molar-refractivity contribution < 1.29 is 22.8 Å². The number of alkyl halides is 3. The minimum atomic E-state index is -4.41. The third-order valence-corrected chi connectivity index (χ3v) is 2.97. The lowest BCUT2D eigenvalue weighted by Gasteiger charge is -2.08. The number of imidazole rings is 1. The summed E-state index contributed by atoms with van der Waals surface area (Å²) in [6.07, 6.45) is -3.29. The van der Waals surface area contributed by atoms with Crippen LogP contribution in [0.3, 0.4) is 0 Å². The first-order valence-electron chi connectivity index (χ1n) is 6.31. The lowest BCUT2D eigenvalue weighted by atomic mass is 10.2. The standard InChI is InChI=1S/C13H12F3N3O3/c1-2-18-11(17-7-12(18)19(20)21)8-22-10-5-3-9(4-6-10)13(14,15)16/h3-7H,2,8H2,1H3. The second-order valence-electron chi connectivity index (χ2n) is 4.34. The largest absolute Gasteiger partial charge is 0.483 e. The van der Waals surface area contributed by atoms with Crippen molar-refractivity contribution >= 4 is 5.82 Å². The van der Waals surface area contributed by atoms with Crippen LogP contribution in [0.2, 0.25) is 0 Å². The molecule has 0 atom stereocenters. The number of rotatable bonds is 5. The number of nitro groups is 1. The fourth-order valence-corrected chi connectivity index (χ4v) is 1.90. The third-order valence-electron chi connectivity index (χ3n) is 2.97. The zero-order chi connectivity index (χ0) is 16.3. The molecule has 1 aromatic heterocycles. The van der Waals surface area contributed by atoms with Crippen LogP contribution in [0.5, 0.6) is 5.75 Å². The molecule has 1 heterocycles. The van der Waals surface area contributed by atoms with Crippen molar-refractivity contribution in [1.82, 2.24) is 9.55 Å². The van der Waals surface area contributed by atoms with Gasteiger partial charge in [-0.3, -0.25) is 0 Å². The molecule has 0 aliphatic heterocycles. The van der Waals surface area contributed by atoms with E-state index in [1.807, 2.05) is 0 Å². The summed E-state index contributed by atoms with van der Waals surface area (Å²) in [6.45, 7) is 1.98. The van der Waals surface area contributed by atoms with E-state index in [2.05, 4.69) is 4.98 Å². The Bertz CT molecular complexity index is 665. The SMILES string of the molecule is CCn1c([N+](=O)[O-])cnc1COc1ccc(C(F)(F)F)cc1. The van der Waals surface area contributed by atoms with Gasteiger partial charge in [0.05, 0.1) is 12.1 Å². The first kappa shape index (κ1) is 15.8. The molecule has 0 unspecified atom stereocenters. The molecule has 2 rings (SSSR count). The molecule has 0 saturated heterocycles. The minimum Gasteiger partial charge on any atom is -0.483 e. The Morgan fingerprint density at radius 3 is 2.45 bits per heavy atom. The predicted molar refractivity (Wildman–Crippen MR) is 70.3 cm³/mol. The Morgan fingerprint density at radius 1 is 1.32 bits per heavy atom. The molecule has 6 nitrogen and oxygen atoms in total. The molecule has 0 radical (unpaired) electrons. The number of ether oxygens (including phenoxy) is 1. The average Bonchev–Trinajstić information content (AvgIpc) is 2.87. The molecule has 0 aliphatic carbocycles. The molecule has 0 bridgehead atoms. The van der Waals surface area contributed by atoms with E-state index in [0.717, 1.165) is 18.3 Å². The number of nitrogens with zero attached hydrogens (tertiary/aromatic N) is 3. The van der Waals surface area contributed by atoms with Crippen molar-refractivity contribution in [3.63, 3.8) is 0 Å². The smallest absolute Gasteiger partial charge is 0.416 e. The first-order valence-corrected chi connectivity index (χ1v) is 6.31. The number of hydrogen-bond acceptors (Lipinski definition) is 4. The fourth-order valence-electron chi connectivity index (χ4n) is 1.90. The van der Waals surface area contributed by atoms with Gasteiger partial charge in [0.25, 0.3) is 0 Å². The second-order valence-corrected chi connectivity index (χ2v) is 4.34. The van der Waals surface area contributed by atoms with E-state index < -0.39 is 16.7 Å². The van der Waals surface area contributed by atoms with Gasteiger partial charge in [-0.2, -0.15) is 13.2 Å². The summed E-state index contributed by atoms with van der Waals surface area (Å²) < 4.78 is 44.0. The lowest BCUT2D eigenvalue weighted by Crippen LogP contribution is -2.09. The van der Waals surface area contributed by atoms with Crippen molar-refractivity contribution in [2.45, 2.75) is 26.3 Å². The number of halogens is 3. The average molecular weight is 315 g/mol. The van der Waals surface area contributed by atoms with Crippen LogP contribution < -0.4 is 4.74 Å². The fraction of sp³-hybridized carbons (Fsp3) is 0.308. The van der Waals surface area contributed by atoms with Crippen LogP contribution in [0.4, 0.5) is 19.0 Å². The Balaban J connectivity index is 2.09. The monoisotopic (exact) mass is 315 g/mol. The maximum atomic E-state index is 12.4. The summed E-state index contributed by atoms with van der Waals surface area (Å²) in [5.41, 5.74) is -0.773. The van der Waals surface area contributed by atoms with Gasteiger partial charge < -0.3 is 14.9 Å². The van der Waals surface area contributed by atoms with E-state index in [-0.39, 0.29) is 18.2 Å². The highest BCUT2D eigenvalue weighted by Crippen LogP contribution is 2.30. The van der Waals surface area contributed by atoms with Crippen LogP contribution in [-0.2, 0) is 19.3 Å². The molecule has 9 heteroatoms. The molecular weight excluding hydrogens is 303 g/mol. The Kier molecular flexibility index (Phi) is 4.34. The van der Waals surface area contributed by atoms with E-state index in [0.29, 0.717) is 12.4 Å². The van der Waals surface area contributed by atoms with E-state index >= 15 is 0 Å². The van der Waals surface area contributed by atoms with Gasteiger partial charge in [-0.1, -0.05) is 0 Å². The Morgan fingerprint density at radius 2 is 1.95 bits per heavy atom. The number of aromatic nitrogens is 2. The molecule has 0 spiro atoms. The molecule has 0 amide bonds. The second kappa shape index (κ2) is 6.04. The molecule has 22 heavy (non-hydrogen) atoms. The van der Waals surface area contributed by atoms with Crippen LogP contribution >= 0.6 is 0 Å². The maximum absolute atomic E-state index is 12.4. The Labute approximate surface area is 123 Å². The predicted octanol–water partition coefficient (Wildman–Crippen LogP) is 3.41. The molecule has 0 aliphatic rings. The number of benzene rings is 1. The highest BCUT2D eigenvalue weighted by molar-refractivity contribution is 5.29. The van der Waals surface area contributed by atoms with Gasteiger partial charge in [-0.15, -0.1) is 0 Å². The van der Waals surface area contributed by atoms with Gasteiger partial charge in [0.2, 0.25) is 5.82 Å². The highest BCUT2D eigenvalue weighted by atomic mass is 19.4. The van der Waals surface area contributed by atoms with Gasteiger partial charge in [0.15, 0.2) is 6.61 Å². The summed E-state index contributed by atoms with van der Waals surface area (Å²) in [4.78, 5) is 14.1. The van der Waals surface area contributed by atoms with Gasteiger partial charge in [-0.05, 0) is 36.1 Å². The van der Waals surface area contributed by atoms with Gasteiger partial charge >= 0.3 is 12.0 Å². The number of hydrogen-bond donors (Lipinski definition) is 0. The van der Waals surface area contributed by atoms with Crippen molar-refractivity contribution in [3.05, 3.63) is 52.0 Å². The summed E-state index contributed by atoms with van der Waals surface area (Å²) in [5, 5.41) is 10.8. The van der Waals surface area contributed by atoms with Crippen LogP contribution in [0.25, 0.3) is 0 Å². The maximum Gasteiger partial charge on any atom is 0.416 e. The lowest BCUT2D eigenvalue weighted by molar-refractivity contribution is -0.392. The van der Waals surface area contributed by atoms with E-state index in [1.54, 1.807) is 6.92 Å². The molecule has 118 valence electrons. The Hall–Kier alpha value is -2.58. The van der Waals surface area contributed by atoms with Crippen LogP contribution in [0, 0.1) is 10.1 Å². The van der Waals surface area contributed by atoms with Crippen LogP contribution in [0.15, 0.2) is 30.5 Å². The zero-order valence-corrected chi connectivity index (χ0v) is 11.5. The van der Waals surface area contributed by atoms with E-state index in [9.17, 15) is 23.3 Å². The van der Waals surface area contributed by atoms with Gasteiger partial charge in [-0.25, -0.2) is 9.55 Å². The van der Waals surface area contributed by atoms with Crippen molar-refractivity contribution in [2.75, 3.05) is 0 Å².